The summed E-state index contributed by atoms with van der Waals surface area (Å²) in [6.45, 7) is 0. The molecule has 0 N–H and O–H groups in total. The average Bonchev–Trinajstić information content (AvgIpc) is 0.811. The molecule has 0 aromatic rings. The van der Waals surface area contributed by atoms with Crippen LogP contribution in [-0.2, 0) is 0 Å². The first-order valence-corrected chi connectivity index (χ1v) is 2.95. The summed E-state index contributed by atoms with van der Waals surface area (Å²) in [6, 6.07) is 0. The van der Waals surface area contributed by atoms with E-state index < -0.39 is 0 Å². The van der Waals surface area contributed by atoms with E-state index in [1.165, 1.54) is 0 Å². The van der Waals surface area contributed by atoms with Crippen molar-refractivity contribution in [1.82, 2.24) is 0 Å². The Kier molecular flexibility index (Phi) is 12.2. The van der Waals surface area contributed by atoms with Gasteiger partial charge in [-0.1, -0.05) is 0 Å². The van der Waals surface area contributed by atoms with Crippen molar-refractivity contribution in [2.24, 2.45) is 0 Å². The van der Waals surface area contributed by atoms with Gasteiger partial charge in [0.2, 0.25) is 0 Å². The Bertz CT molecular complexity index is 11.6. The Morgan fingerprint density at radius 1 is 1.00 bits per heavy atom. The Morgan fingerprint density at radius 2 is 1.00 bits per heavy atom. The summed E-state index contributed by atoms with van der Waals surface area (Å²) in [6.07, 6.45) is 0. The number of rotatable bonds is 0. The van der Waals surface area contributed by atoms with E-state index in [2.05, 4.69) is 47.8 Å². The van der Waals surface area contributed by atoms with Crippen molar-refractivity contribution in [1.29, 1.82) is 0 Å². The molecule has 0 unspecified atom stereocenters. The first-order valence-electron chi connectivity index (χ1n) is 0.567. The van der Waals surface area contributed by atoms with Gasteiger partial charge in [-0.15, -0.1) is 2.65 Å². The molecule has 0 saturated heterocycles. The molecule has 0 aromatic heterocycles. The third-order valence-electron chi connectivity index (χ3n) is 0. The van der Waals surface area contributed by atoms with Crippen LogP contribution in [0.2, 0.25) is 0 Å². The first-order chi connectivity index (χ1) is 1.73. The van der Waals surface area contributed by atoms with Gasteiger partial charge in [0.05, 0.1) is 0 Å². The summed E-state index contributed by atoms with van der Waals surface area (Å²) >= 11 is 9.06. The molecule has 26 valence electrons. The van der Waals surface area contributed by atoms with Crippen molar-refractivity contribution in [3.63, 3.8) is 0 Å². The van der Waals surface area contributed by atoms with E-state index in [1.807, 2.05) is 0 Å². The summed E-state index contributed by atoms with van der Waals surface area (Å²) < 4.78 is 0.854. The fourth-order valence-corrected chi connectivity index (χ4v) is 0. The molecule has 0 fully saturated rings. The predicted octanol–water partition coefficient (Wildman–Crippen LogP) is -0.378. The molecule has 0 aromatic carbocycles. The molecule has 4 heteroatoms. The van der Waals surface area contributed by atoms with Gasteiger partial charge >= 0.3 is 18.9 Å². The minimum Gasteiger partial charge on any atom is -0.292 e. The number of hydrogen-bond donors (Lipinski definition) is 0. The summed E-state index contributed by atoms with van der Waals surface area (Å²) in [5.41, 5.74) is 0. The van der Waals surface area contributed by atoms with Gasteiger partial charge in [-0.3, -0.25) is 47.8 Å². The molecule has 0 rings (SSSR count). The molecule has 0 aliphatic heterocycles. The van der Waals surface area contributed by atoms with Gasteiger partial charge < -0.3 is 0 Å². The standard InChI is InChI=1S/CBr3.Li/c2-1(3)4;/q-1;+1. The number of hydrogen-bond acceptors (Lipinski definition) is 0. The van der Waals surface area contributed by atoms with Crippen molar-refractivity contribution in [2.75, 3.05) is 0 Å². The van der Waals surface area contributed by atoms with Gasteiger partial charge in [-0.05, 0) is 0 Å². The third-order valence-corrected chi connectivity index (χ3v) is 0. The van der Waals surface area contributed by atoms with Crippen LogP contribution in [0.5, 0.6) is 0 Å². The second kappa shape index (κ2) is 6.04. The second-order valence-corrected chi connectivity index (χ2v) is 5.79. The van der Waals surface area contributed by atoms with Crippen molar-refractivity contribution in [3.05, 3.63) is 2.65 Å². The summed E-state index contributed by atoms with van der Waals surface area (Å²) in [5, 5.41) is 0. The van der Waals surface area contributed by atoms with Gasteiger partial charge in [-0.2, -0.15) is 0 Å². The zero-order valence-electron chi connectivity index (χ0n) is 2.63. The van der Waals surface area contributed by atoms with Crippen molar-refractivity contribution in [3.8, 4) is 0 Å². The van der Waals surface area contributed by atoms with Crippen molar-refractivity contribution < 1.29 is 18.9 Å². The predicted molar refractivity (Wildman–Crippen MR) is 30.0 cm³/mol. The van der Waals surface area contributed by atoms with Crippen LogP contribution in [-0.4, -0.2) is 0 Å². The van der Waals surface area contributed by atoms with Crippen molar-refractivity contribution in [2.45, 2.75) is 0 Å². The molecule has 0 saturated carbocycles. The van der Waals surface area contributed by atoms with Crippen LogP contribution in [0.1, 0.15) is 0 Å². The minimum atomic E-state index is 0. The Balaban J connectivity index is 0. The largest absolute Gasteiger partial charge is 1.00 e. The van der Waals surface area contributed by atoms with Gasteiger partial charge in [0, 0.05) is 0 Å². The summed E-state index contributed by atoms with van der Waals surface area (Å²) in [7, 11) is 0. The Morgan fingerprint density at radius 3 is 1.00 bits per heavy atom. The SMILES string of the molecule is Br[C-](Br)Br.[Li+]. The van der Waals surface area contributed by atoms with Crippen LogP contribution < -0.4 is 18.9 Å². The maximum Gasteiger partial charge on any atom is 1.00 e. The van der Waals surface area contributed by atoms with E-state index in [1.54, 1.807) is 0 Å². The zero-order chi connectivity index (χ0) is 3.58. The normalized spacial score (nSPS) is 7.20. The van der Waals surface area contributed by atoms with E-state index in [9.17, 15) is 0 Å². The molecule has 0 spiro atoms. The molecule has 0 radical (unpaired) electrons. The van der Waals surface area contributed by atoms with Gasteiger partial charge in [0.25, 0.3) is 0 Å². The smallest absolute Gasteiger partial charge is 0.292 e. The Labute approximate surface area is 68.6 Å². The molecule has 0 amide bonds. The fourth-order valence-electron chi connectivity index (χ4n) is 0. The maximum atomic E-state index is 3.02. The molecular formula is CBr3Li. The topological polar surface area (TPSA) is 0 Å². The zero-order valence-corrected chi connectivity index (χ0v) is 7.39. The van der Waals surface area contributed by atoms with E-state index in [0.29, 0.717) is 0 Å². The molecule has 5 heavy (non-hydrogen) atoms. The molecule has 0 aliphatic carbocycles. The van der Waals surface area contributed by atoms with Crippen LogP contribution in [0.4, 0.5) is 0 Å². The van der Waals surface area contributed by atoms with Gasteiger partial charge in [0.15, 0.2) is 0 Å². The molecular weight excluding hydrogens is 259 g/mol. The van der Waals surface area contributed by atoms with Gasteiger partial charge in [0.1, 0.15) is 0 Å². The molecule has 0 aliphatic rings. The first kappa shape index (κ1) is 10.1. The second-order valence-electron chi connectivity index (χ2n) is 0.214. The molecule has 0 atom stereocenters. The van der Waals surface area contributed by atoms with Crippen LogP contribution in [0, 0.1) is 2.65 Å². The van der Waals surface area contributed by atoms with E-state index in [-0.39, 0.29) is 18.9 Å². The average molecular weight is 259 g/mol. The quantitative estimate of drug-likeness (QED) is 0.411. The van der Waals surface area contributed by atoms with Crippen molar-refractivity contribution >= 4 is 47.8 Å². The van der Waals surface area contributed by atoms with Crippen LogP contribution in [0.3, 0.4) is 0 Å². The fraction of sp³-hybridized carbons (Fsp3) is 0. The van der Waals surface area contributed by atoms with Gasteiger partial charge in [-0.25, -0.2) is 0 Å². The maximum absolute atomic E-state index is 3.02. The monoisotopic (exact) mass is 256 g/mol. The summed E-state index contributed by atoms with van der Waals surface area (Å²) in [5.74, 6) is 0. The van der Waals surface area contributed by atoms with Crippen LogP contribution >= 0.6 is 47.8 Å². The van der Waals surface area contributed by atoms with E-state index >= 15 is 0 Å². The molecule has 0 nitrogen and oxygen atoms in total. The molecule has 0 heterocycles. The van der Waals surface area contributed by atoms with Crippen LogP contribution in [0.15, 0.2) is 0 Å². The Hall–Kier alpha value is 2.04. The van der Waals surface area contributed by atoms with E-state index in [0.717, 1.165) is 2.65 Å². The molecule has 0 bridgehead atoms. The van der Waals surface area contributed by atoms with Crippen LogP contribution in [0.25, 0.3) is 0 Å². The third kappa shape index (κ3) is 23.7. The summed E-state index contributed by atoms with van der Waals surface area (Å²) in [4.78, 5) is 0. The number of halogens is 3. The van der Waals surface area contributed by atoms with E-state index in [4.69, 9.17) is 0 Å². The minimum absolute atomic E-state index is 0.